The first-order valence-electron chi connectivity index (χ1n) is 7.39. The Morgan fingerprint density at radius 2 is 1.71 bits per heavy atom. The molecule has 0 aromatic heterocycles. The van der Waals surface area contributed by atoms with Gasteiger partial charge < -0.3 is 5.32 Å². The molecule has 0 spiro atoms. The lowest BCUT2D eigenvalue weighted by Gasteiger charge is -2.11. The van der Waals surface area contributed by atoms with E-state index in [1.165, 1.54) is 12.1 Å². The highest BCUT2D eigenvalue weighted by Gasteiger charge is 2.15. The van der Waals surface area contributed by atoms with Crippen LogP contribution in [0.1, 0.15) is 29.8 Å². The Hall–Kier alpha value is -1.45. The number of hydrogen-bond acceptors (Lipinski definition) is 3. The van der Waals surface area contributed by atoms with E-state index in [4.69, 9.17) is 0 Å². The van der Waals surface area contributed by atoms with Crippen molar-refractivity contribution >= 4 is 44.2 Å². The van der Waals surface area contributed by atoms with Crippen LogP contribution >= 0.6 is 22.6 Å². The molecule has 0 atom stereocenters. The lowest BCUT2D eigenvalue weighted by Crippen LogP contribution is -2.30. The maximum Gasteiger partial charge on any atom is 0.255 e. The zero-order valence-electron chi connectivity index (χ0n) is 13.6. The lowest BCUT2D eigenvalue weighted by atomic mass is 10.1. The van der Waals surface area contributed by atoms with E-state index in [-0.39, 0.29) is 16.8 Å². The average molecular weight is 458 g/mol. The first kappa shape index (κ1) is 18.9. The van der Waals surface area contributed by atoms with Gasteiger partial charge in [0, 0.05) is 20.9 Å². The molecule has 0 aliphatic rings. The topological polar surface area (TPSA) is 75.3 Å². The van der Waals surface area contributed by atoms with Crippen molar-refractivity contribution in [2.75, 3.05) is 5.32 Å². The van der Waals surface area contributed by atoms with Gasteiger partial charge in [0.25, 0.3) is 5.91 Å². The molecule has 0 aliphatic heterocycles. The molecule has 0 heterocycles. The van der Waals surface area contributed by atoms with Crippen LogP contribution in [0.15, 0.2) is 47.4 Å². The summed E-state index contributed by atoms with van der Waals surface area (Å²) in [6.07, 6.45) is 0. The first-order valence-corrected chi connectivity index (χ1v) is 9.95. The van der Waals surface area contributed by atoms with Gasteiger partial charge in [-0.15, -0.1) is 0 Å². The van der Waals surface area contributed by atoms with Crippen LogP contribution in [-0.4, -0.2) is 20.4 Å². The number of hydrogen-bond donors (Lipinski definition) is 2. The Balaban J connectivity index is 2.14. The summed E-state index contributed by atoms with van der Waals surface area (Å²) in [6.45, 7) is 5.50. The van der Waals surface area contributed by atoms with E-state index in [1.807, 2.05) is 19.1 Å². The molecule has 0 aliphatic carbocycles. The minimum absolute atomic E-state index is 0.166. The molecule has 2 aromatic carbocycles. The highest BCUT2D eigenvalue weighted by atomic mass is 127. The molecule has 2 rings (SSSR count). The minimum atomic E-state index is -3.53. The molecule has 2 aromatic rings. The molecule has 0 unspecified atom stereocenters. The summed E-state index contributed by atoms with van der Waals surface area (Å²) in [5, 5.41) is 2.77. The van der Waals surface area contributed by atoms with Crippen molar-refractivity contribution in [2.45, 2.75) is 31.7 Å². The molecule has 1 amide bonds. The van der Waals surface area contributed by atoms with E-state index >= 15 is 0 Å². The third kappa shape index (κ3) is 4.78. The van der Waals surface area contributed by atoms with Crippen molar-refractivity contribution < 1.29 is 13.2 Å². The predicted octanol–water partition coefficient (Wildman–Crippen LogP) is 3.54. The Morgan fingerprint density at radius 3 is 2.25 bits per heavy atom. The summed E-state index contributed by atoms with van der Waals surface area (Å²) in [5.74, 6) is -0.233. The number of rotatable bonds is 5. The van der Waals surface area contributed by atoms with Crippen molar-refractivity contribution in [1.29, 1.82) is 0 Å². The van der Waals surface area contributed by atoms with Crippen molar-refractivity contribution in [2.24, 2.45) is 0 Å². The number of benzene rings is 2. The summed E-state index contributed by atoms with van der Waals surface area (Å²) in [7, 11) is -3.53. The van der Waals surface area contributed by atoms with Crippen LogP contribution in [0.4, 0.5) is 5.69 Å². The zero-order chi connectivity index (χ0) is 17.9. The number of carbonyl (C=O) groups excluding carboxylic acids is 1. The number of nitrogens with one attached hydrogen (secondary N) is 2. The van der Waals surface area contributed by atoms with Crippen molar-refractivity contribution in [3.8, 4) is 0 Å². The fourth-order valence-electron chi connectivity index (χ4n) is 2.03. The SMILES string of the molecule is Cc1ccc(C(=O)Nc2ccc(S(=O)(=O)NC(C)C)cc2)cc1I. The minimum Gasteiger partial charge on any atom is -0.322 e. The fraction of sp³-hybridized carbons (Fsp3) is 0.235. The van der Waals surface area contributed by atoms with Gasteiger partial charge in [-0.05, 0) is 85.3 Å². The van der Waals surface area contributed by atoms with E-state index in [0.29, 0.717) is 11.3 Å². The Bertz CT molecular complexity index is 847. The molecular formula is C17H19IN2O3S. The van der Waals surface area contributed by atoms with Gasteiger partial charge in [-0.1, -0.05) is 6.07 Å². The van der Waals surface area contributed by atoms with Gasteiger partial charge in [-0.25, -0.2) is 13.1 Å². The van der Waals surface area contributed by atoms with Crippen LogP contribution in [0.2, 0.25) is 0 Å². The summed E-state index contributed by atoms with van der Waals surface area (Å²) in [4.78, 5) is 12.4. The van der Waals surface area contributed by atoms with Crippen LogP contribution in [0.3, 0.4) is 0 Å². The molecule has 0 radical (unpaired) electrons. The summed E-state index contributed by atoms with van der Waals surface area (Å²) in [5.41, 5.74) is 2.21. The second kappa shape index (κ2) is 7.62. The third-order valence-corrected chi connectivity index (χ3v) is 6.08. The van der Waals surface area contributed by atoms with E-state index in [9.17, 15) is 13.2 Å². The number of amides is 1. The normalized spacial score (nSPS) is 11.5. The summed E-state index contributed by atoms with van der Waals surface area (Å²) in [6, 6.07) is 11.4. The van der Waals surface area contributed by atoms with Gasteiger partial charge in [-0.2, -0.15) is 0 Å². The lowest BCUT2D eigenvalue weighted by molar-refractivity contribution is 0.102. The number of anilines is 1. The quantitative estimate of drug-likeness (QED) is 0.674. The summed E-state index contributed by atoms with van der Waals surface area (Å²) < 4.78 is 27.7. The molecule has 0 saturated carbocycles. The van der Waals surface area contributed by atoms with Crippen LogP contribution < -0.4 is 10.0 Å². The summed E-state index contributed by atoms with van der Waals surface area (Å²) >= 11 is 2.18. The highest BCUT2D eigenvalue weighted by molar-refractivity contribution is 14.1. The number of aryl methyl sites for hydroxylation is 1. The van der Waals surface area contributed by atoms with Gasteiger partial charge in [0.2, 0.25) is 10.0 Å². The smallest absolute Gasteiger partial charge is 0.255 e. The fourth-order valence-corrected chi connectivity index (χ4v) is 3.80. The van der Waals surface area contributed by atoms with Gasteiger partial charge in [0.1, 0.15) is 0 Å². The van der Waals surface area contributed by atoms with Crippen LogP contribution in [0.5, 0.6) is 0 Å². The highest BCUT2D eigenvalue weighted by Crippen LogP contribution is 2.17. The largest absolute Gasteiger partial charge is 0.322 e. The van der Waals surface area contributed by atoms with Crippen molar-refractivity contribution in [3.63, 3.8) is 0 Å². The van der Waals surface area contributed by atoms with E-state index < -0.39 is 10.0 Å². The Kier molecular flexibility index (Phi) is 6.00. The van der Waals surface area contributed by atoms with Crippen LogP contribution in [-0.2, 0) is 10.0 Å². The zero-order valence-corrected chi connectivity index (χ0v) is 16.6. The van der Waals surface area contributed by atoms with Crippen LogP contribution in [0, 0.1) is 10.5 Å². The van der Waals surface area contributed by atoms with Gasteiger partial charge in [-0.3, -0.25) is 4.79 Å². The number of sulfonamides is 1. The molecule has 0 fully saturated rings. The Labute approximate surface area is 156 Å². The van der Waals surface area contributed by atoms with Gasteiger partial charge >= 0.3 is 0 Å². The van der Waals surface area contributed by atoms with Crippen molar-refractivity contribution in [3.05, 3.63) is 57.2 Å². The van der Waals surface area contributed by atoms with E-state index in [2.05, 4.69) is 32.6 Å². The molecular weight excluding hydrogens is 439 g/mol. The van der Waals surface area contributed by atoms with Gasteiger partial charge in [0.15, 0.2) is 0 Å². The second-order valence-electron chi connectivity index (χ2n) is 5.72. The third-order valence-electron chi connectivity index (χ3n) is 3.25. The van der Waals surface area contributed by atoms with E-state index in [1.54, 1.807) is 32.0 Å². The average Bonchev–Trinajstić information content (AvgIpc) is 2.49. The molecule has 7 heteroatoms. The molecule has 0 saturated heterocycles. The first-order chi connectivity index (χ1) is 11.2. The second-order valence-corrected chi connectivity index (χ2v) is 8.59. The molecule has 128 valence electrons. The Morgan fingerprint density at radius 1 is 1.08 bits per heavy atom. The van der Waals surface area contributed by atoms with E-state index in [0.717, 1.165) is 9.13 Å². The molecule has 0 bridgehead atoms. The molecule has 2 N–H and O–H groups in total. The standard InChI is InChI=1S/C17H19IN2O3S/c1-11(2)20-24(22,23)15-8-6-14(7-9-15)19-17(21)13-5-4-12(3)16(18)10-13/h4-11,20H,1-3H3,(H,19,21). The predicted molar refractivity (Wildman–Crippen MR) is 104 cm³/mol. The molecule has 24 heavy (non-hydrogen) atoms. The maximum atomic E-state index is 12.3. The maximum absolute atomic E-state index is 12.3. The molecule has 5 nitrogen and oxygen atoms in total. The van der Waals surface area contributed by atoms with Crippen molar-refractivity contribution in [1.82, 2.24) is 4.72 Å². The monoisotopic (exact) mass is 458 g/mol. The number of carbonyl (C=O) groups is 1. The van der Waals surface area contributed by atoms with Gasteiger partial charge in [0.05, 0.1) is 4.90 Å². The number of halogens is 1. The van der Waals surface area contributed by atoms with Crippen LogP contribution in [0.25, 0.3) is 0 Å².